The fraction of sp³-hybridized carbons (Fsp3) is 0. The van der Waals surface area contributed by atoms with Gasteiger partial charge in [0.2, 0.25) is 0 Å². The zero-order valence-electron chi connectivity index (χ0n) is 1.57. The zero-order valence-corrected chi connectivity index (χ0v) is 11.7. The summed E-state index contributed by atoms with van der Waals surface area (Å²) in [7, 11) is 0. The first kappa shape index (κ1) is 15.8. The van der Waals surface area contributed by atoms with Gasteiger partial charge in [-0.15, -0.1) is 0 Å². The van der Waals surface area contributed by atoms with E-state index in [1.165, 1.54) is 0 Å². The van der Waals surface area contributed by atoms with E-state index in [0.717, 1.165) is 0 Å². The third-order valence-electron chi connectivity index (χ3n) is 0. The Hall–Kier alpha value is 2.90. The molecule has 4 heavy (non-hydrogen) atoms. The van der Waals surface area contributed by atoms with Crippen LogP contribution in [0.1, 0.15) is 0 Å². The molecule has 4 radical (unpaired) electrons. The van der Waals surface area contributed by atoms with Crippen LogP contribution in [0.25, 0.3) is 0 Å². The van der Waals surface area contributed by atoms with Crippen molar-refractivity contribution in [3.63, 3.8) is 0 Å². The molecule has 0 unspecified atom stereocenters. The SMILES string of the molecule is [Re].[Re].[Te][Te]. The van der Waals surface area contributed by atoms with Gasteiger partial charge in [0.05, 0.1) is 0 Å². The normalized spacial score (nSPS) is 1.50. The van der Waals surface area contributed by atoms with Crippen molar-refractivity contribution in [1.82, 2.24) is 0 Å². The average Bonchev–Trinajstić information content (AvgIpc) is 1.00. The first-order valence-electron chi connectivity index (χ1n) is 0.167. The standard InChI is InChI=1S/2Re.Te2/c;;1-2. The summed E-state index contributed by atoms with van der Waals surface area (Å²) in [5.41, 5.74) is 0. The van der Waals surface area contributed by atoms with E-state index in [4.69, 9.17) is 0 Å². The van der Waals surface area contributed by atoms with Crippen LogP contribution in [0, 0.1) is 0 Å². The molecule has 0 rings (SSSR count). The molecule has 26 valence electrons. The number of rotatable bonds is 0. The van der Waals surface area contributed by atoms with Crippen molar-refractivity contribution in [2.75, 3.05) is 0 Å². The topological polar surface area (TPSA) is 0 Å². The van der Waals surface area contributed by atoms with E-state index in [1.807, 2.05) is 36.9 Å². The van der Waals surface area contributed by atoms with Crippen molar-refractivity contribution < 1.29 is 40.8 Å². The quantitative estimate of drug-likeness (QED) is 0.310. The molecule has 0 aliphatic rings. The van der Waals surface area contributed by atoms with Gasteiger partial charge in [-0.05, 0) is 0 Å². The molecule has 0 spiro atoms. The minimum absolute atomic E-state index is 0. The summed E-state index contributed by atoms with van der Waals surface area (Å²) in [6.07, 6.45) is 0. The van der Waals surface area contributed by atoms with E-state index >= 15 is 0 Å². The van der Waals surface area contributed by atoms with Gasteiger partial charge in [0.15, 0.2) is 0 Å². The van der Waals surface area contributed by atoms with Crippen LogP contribution in [0.3, 0.4) is 0 Å². The Labute approximate surface area is 76.2 Å². The molecule has 0 N–H and O–H groups in total. The van der Waals surface area contributed by atoms with E-state index in [-0.39, 0.29) is 40.8 Å². The molecule has 0 amide bonds. The Morgan fingerprint density at radius 3 is 0.750 bits per heavy atom. The molecule has 0 aromatic rings. The summed E-state index contributed by atoms with van der Waals surface area (Å²) in [6.45, 7) is 0. The number of hydrogen-bond acceptors (Lipinski definition) is 0. The fourth-order valence-corrected chi connectivity index (χ4v) is 0. The van der Waals surface area contributed by atoms with Crippen LogP contribution in [0.15, 0.2) is 0 Å². The van der Waals surface area contributed by atoms with E-state index in [1.54, 1.807) is 0 Å². The first-order chi connectivity index (χ1) is 1.00. The van der Waals surface area contributed by atoms with Gasteiger partial charge in [-0.2, -0.15) is 0 Å². The average molecular weight is 628 g/mol. The summed E-state index contributed by atoms with van der Waals surface area (Å²) in [6, 6.07) is 0. The van der Waals surface area contributed by atoms with Gasteiger partial charge < -0.3 is 0 Å². The molecule has 0 saturated heterocycles. The van der Waals surface area contributed by atoms with Gasteiger partial charge in [0.1, 0.15) is 0 Å². The molecule has 0 atom stereocenters. The van der Waals surface area contributed by atoms with Gasteiger partial charge in [0, 0.05) is 40.8 Å². The molecular formula is Re2Te2. The molecule has 0 saturated carbocycles. The van der Waals surface area contributed by atoms with Crippen molar-refractivity contribution >= 4 is 36.9 Å². The van der Waals surface area contributed by atoms with Crippen LogP contribution in [0.2, 0.25) is 0 Å². The Morgan fingerprint density at radius 1 is 0.750 bits per heavy atom. The van der Waals surface area contributed by atoms with Crippen molar-refractivity contribution in [2.45, 2.75) is 0 Å². The molecule has 0 aliphatic carbocycles. The molecule has 0 aromatic carbocycles. The maximum atomic E-state index is 1.96. The van der Waals surface area contributed by atoms with Gasteiger partial charge in [0.25, 0.3) is 0 Å². The Bertz CT molecular complexity index is 4.00. The van der Waals surface area contributed by atoms with Crippen LogP contribution in [-0.4, -0.2) is 36.9 Å². The Kier molecular flexibility index (Phi) is 66.5. The third-order valence-corrected chi connectivity index (χ3v) is 0. The van der Waals surface area contributed by atoms with Crippen LogP contribution >= 0.6 is 0 Å². The second-order valence-corrected chi connectivity index (χ2v) is 0. The predicted molar refractivity (Wildman–Crippen MR) is 11.5 cm³/mol. The second kappa shape index (κ2) is 16.8. The van der Waals surface area contributed by atoms with E-state index in [2.05, 4.69) is 0 Å². The zero-order chi connectivity index (χ0) is 2.00. The Morgan fingerprint density at radius 2 is 0.750 bits per heavy atom. The minimum atomic E-state index is 0. The molecule has 0 heterocycles. The summed E-state index contributed by atoms with van der Waals surface area (Å²) >= 11 is 3.92. The molecule has 0 aliphatic heterocycles. The first-order valence-corrected chi connectivity index (χ1v) is 7.50. The van der Waals surface area contributed by atoms with Crippen LogP contribution in [0.4, 0.5) is 0 Å². The van der Waals surface area contributed by atoms with E-state index in [9.17, 15) is 0 Å². The molecule has 0 nitrogen and oxygen atoms in total. The summed E-state index contributed by atoms with van der Waals surface area (Å²) in [4.78, 5) is 0. The fourth-order valence-electron chi connectivity index (χ4n) is 0. The van der Waals surface area contributed by atoms with E-state index < -0.39 is 0 Å². The van der Waals surface area contributed by atoms with E-state index in [0.29, 0.717) is 0 Å². The summed E-state index contributed by atoms with van der Waals surface area (Å²) < 4.78 is 0. The Balaban J connectivity index is -0.00000000500. The second-order valence-electron chi connectivity index (χ2n) is 0. The van der Waals surface area contributed by atoms with Gasteiger partial charge >= 0.3 is 36.9 Å². The molecule has 0 bridgehead atoms. The van der Waals surface area contributed by atoms with Crippen molar-refractivity contribution in [2.24, 2.45) is 0 Å². The third kappa shape index (κ3) is 8.86. The van der Waals surface area contributed by atoms with Crippen molar-refractivity contribution in [1.29, 1.82) is 0 Å². The maximum absolute atomic E-state index is 1.96. The van der Waals surface area contributed by atoms with Gasteiger partial charge in [-0.1, -0.05) is 0 Å². The van der Waals surface area contributed by atoms with Gasteiger partial charge in [-0.25, -0.2) is 0 Å². The molecule has 0 aromatic heterocycles. The van der Waals surface area contributed by atoms with Crippen LogP contribution < -0.4 is 0 Å². The predicted octanol–water partition coefficient (Wildman–Crippen LogP) is -0.767. The summed E-state index contributed by atoms with van der Waals surface area (Å²) in [5, 5.41) is 0. The van der Waals surface area contributed by atoms with Gasteiger partial charge in [-0.3, -0.25) is 0 Å². The molecule has 4 heteroatoms. The van der Waals surface area contributed by atoms with Crippen LogP contribution in [-0.2, 0) is 40.8 Å². The molecular weight excluding hydrogens is 628 g/mol. The number of hydrogen-bond donors (Lipinski definition) is 0. The molecule has 0 fully saturated rings. The monoisotopic (exact) mass is 634 g/mol. The summed E-state index contributed by atoms with van der Waals surface area (Å²) in [5.74, 6) is 0. The van der Waals surface area contributed by atoms with Crippen LogP contribution in [0.5, 0.6) is 0 Å². The van der Waals surface area contributed by atoms with Crippen molar-refractivity contribution in [3.8, 4) is 0 Å². The van der Waals surface area contributed by atoms with Crippen molar-refractivity contribution in [3.05, 3.63) is 0 Å².